The standard InChI is InChI=1S/C29H41N3O6/c1-6-8-17-30-26(35)25(22-11-9-10-12-24(22)34)32(18-7-2)27(36)23(31-28(37)38-29(3,4)5)19-20-13-15-21(33)16-14-20/h9-16,23,25,33-34H,6-8,17-19H2,1-5H3,(H,30,35)(H,31,37). The molecule has 0 aliphatic rings. The van der Waals surface area contributed by atoms with Gasteiger partial charge >= 0.3 is 6.09 Å². The summed E-state index contributed by atoms with van der Waals surface area (Å²) >= 11 is 0. The van der Waals surface area contributed by atoms with Crippen LogP contribution in [0.1, 0.15) is 71.0 Å². The first-order valence-electron chi connectivity index (χ1n) is 13.1. The van der Waals surface area contributed by atoms with E-state index in [1.807, 2.05) is 13.8 Å². The molecule has 2 rings (SSSR count). The van der Waals surface area contributed by atoms with Crippen molar-refractivity contribution < 1.29 is 29.3 Å². The van der Waals surface area contributed by atoms with Crippen LogP contribution in [0.4, 0.5) is 4.79 Å². The summed E-state index contributed by atoms with van der Waals surface area (Å²) in [5.74, 6) is -0.938. The number of unbranched alkanes of at least 4 members (excludes halogenated alkanes) is 1. The van der Waals surface area contributed by atoms with Crippen LogP contribution in [-0.2, 0) is 20.7 Å². The number of carbonyl (C=O) groups excluding carboxylic acids is 3. The zero-order valence-corrected chi connectivity index (χ0v) is 23.0. The number of hydrogen-bond donors (Lipinski definition) is 4. The molecule has 2 atom stereocenters. The van der Waals surface area contributed by atoms with E-state index in [0.717, 1.165) is 12.8 Å². The number of amides is 3. The van der Waals surface area contributed by atoms with Crippen molar-refractivity contribution in [3.8, 4) is 11.5 Å². The van der Waals surface area contributed by atoms with Gasteiger partial charge in [0, 0.05) is 25.1 Å². The third-order valence-electron chi connectivity index (χ3n) is 5.73. The lowest BCUT2D eigenvalue weighted by molar-refractivity contribution is -0.142. The Bertz CT molecular complexity index is 1060. The zero-order chi connectivity index (χ0) is 28.3. The highest BCUT2D eigenvalue weighted by molar-refractivity contribution is 5.92. The smallest absolute Gasteiger partial charge is 0.408 e. The summed E-state index contributed by atoms with van der Waals surface area (Å²) in [6.07, 6.45) is 1.52. The Kier molecular flexibility index (Phi) is 11.4. The molecule has 2 aromatic carbocycles. The van der Waals surface area contributed by atoms with Gasteiger partial charge in [0.1, 0.15) is 29.2 Å². The molecular formula is C29H41N3O6. The minimum atomic E-state index is -1.11. The molecule has 0 fully saturated rings. The van der Waals surface area contributed by atoms with Crippen molar-refractivity contribution in [1.82, 2.24) is 15.5 Å². The third-order valence-corrected chi connectivity index (χ3v) is 5.73. The fourth-order valence-electron chi connectivity index (χ4n) is 3.98. The van der Waals surface area contributed by atoms with E-state index >= 15 is 0 Å². The fraction of sp³-hybridized carbons (Fsp3) is 0.483. The lowest BCUT2D eigenvalue weighted by Gasteiger charge is -2.34. The van der Waals surface area contributed by atoms with Crippen molar-refractivity contribution in [1.29, 1.82) is 0 Å². The molecule has 9 nitrogen and oxygen atoms in total. The van der Waals surface area contributed by atoms with E-state index < -0.39 is 35.6 Å². The van der Waals surface area contributed by atoms with Crippen LogP contribution in [0, 0.1) is 0 Å². The highest BCUT2D eigenvalue weighted by atomic mass is 16.6. The van der Waals surface area contributed by atoms with Crippen LogP contribution in [-0.4, -0.2) is 57.8 Å². The van der Waals surface area contributed by atoms with E-state index in [1.54, 1.807) is 51.1 Å². The van der Waals surface area contributed by atoms with Gasteiger partial charge < -0.3 is 30.5 Å². The number of alkyl carbamates (subject to hydrolysis) is 1. The number of nitrogens with one attached hydrogen (secondary N) is 2. The number of phenols is 2. The Hall–Kier alpha value is -3.75. The van der Waals surface area contributed by atoms with Crippen molar-refractivity contribution in [3.05, 3.63) is 59.7 Å². The van der Waals surface area contributed by atoms with Gasteiger partial charge in [0.25, 0.3) is 0 Å². The van der Waals surface area contributed by atoms with Gasteiger partial charge in [-0.25, -0.2) is 4.79 Å². The number of para-hydroxylation sites is 1. The van der Waals surface area contributed by atoms with Crippen molar-refractivity contribution in [2.45, 2.75) is 78.0 Å². The van der Waals surface area contributed by atoms with E-state index in [2.05, 4.69) is 10.6 Å². The molecule has 0 heterocycles. The molecule has 0 aromatic heterocycles. The molecule has 2 aromatic rings. The van der Waals surface area contributed by atoms with Crippen molar-refractivity contribution >= 4 is 17.9 Å². The van der Waals surface area contributed by atoms with Gasteiger partial charge in [-0.3, -0.25) is 9.59 Å². The average Bonchev–Trinajstić information content (AvgIpc) is 2.84. The third kappa shape index (κ3) is 9.28. The monoisotopic (exact) mass is 527 g/mol. The maximum absolute atomic E-state index is 14.1. The minimum absolute atomic E-state index is 0.0766. The number of rotatable bonds is 12. The van der Waals surface area contributed by atoms with Gasteiger partial charge in [0.15, 0.2) is 0 Å². The second-order valence-electron chi connectivity index (χ2n) is 10.2. The molecule has 3 amide bonds. The number of carbonyl (C=O) groups is 3. The van der Waals surface area contributed by atoms with Crippen LogP contribution in [0.25, 0.3) is 0 Å². The molecule has 0 saturated carbocycles. The summed E-state index contributed by atoms with van der Waals surface area (Å²) in [4.78, 5) is 41.7. The molecule has 38 heavy (non-hydrogen) atoms. The number of nitrogens with zero attached hydrogens (tertiary/aromatic N) is 1. The van der Waals surface area contributed by atoms with Crippen molar-refractivity contribution in [2.75, 3.05) is 13.1 Å². The lowest BCUT2D eigenvalue weighted by Crippen LogP contribution is -2.54. The highest BCUT2D eigenvalue weighted by Crippen LogP contribution is 2.30. The summed E-state index contributed by atoms with van der Waals surface area (Å²) in [7, 11) is 0. The van der Waals surface area contributed by atoms with Crippen LogP contribution >= 0.6 is 0 Å². The Labute approximate surface area is 225 Å². The van der Waals surface area contributed by atoms with Gasteiger partial charge in [-0.15, -0.1) is 0 Å². The van der Waals surface area contributed by atoms with E-state index in [1.165, 1.54) is 23.1 Å². The SMILES string of the molecule is CCCCNC(=O)C(c1ccccc1O)N(CCC)C(=O)C(Cc1ccc(O)cc1)NC(=O)OC(C)(C)C. The maximum Gasteiger partial charge on any atom is 0.408 e. The Balaban J connectivity index is 2.50. The highest BCUT2D eigenvalue weighted by Gasteiger charge is 2.37. The largest absolute Gasteiger partial charge is 0.508 e. The van der Waals surface area contributed by atoms with Crippen LogP contribution < -0.4 is 10.6 Å². The Morgan fingerprint density at radius 1 is 0.974 bits per heavy atom. The normalized spacial score (nSPS) is 12.8. The van der Waals surface area contributed by atoms with Gasteiger partial charge in [0.05, 0.1) is 0 Å². The van der Waals surface area contributed by atoms with Gasteiger partial charge in [-0.1, -0.05) is 50.6 Å². The molecule has 9 heteroatoms. The van der Waals surface area contributed by atoms with E-state index in [-0.39, 0.29) is 24.5 Å². The first kappa shape index (κ1) is 30.5. The number of benzene rings is 2. The number of aromatic hydroxyl groups is 2. The topological polar surface area (TPSA) is 128 Å². The molecule has 2 unspecified atom stereocenters. The molecule has 0 bridgehead atoms. The Morgan fingerprint density at radius 2 is 1.63 bits per heavy atom. The molecule has 0 radical (unpaired) electrons. The second kappa shape index (κ2) is 14.3. The zero-order valence-electron chi connectivity index (χ0n) is 23.0. The average molecular weight is 528 g/mol. The van der Waals surface area contributed by atoms with Gasteiger partial charge in [-0.05, 0) is 57.4 Å². The van der Waals surface area contributed by atoms with E-state index in [0.29, 0.717) is 24.1 Å². The van der Waals surface area contributed by atoms with Crippen molar-refractivity contribution in [2.24, 2.45) is 0 Å². The summed E-state index contributed by atoms with van der Waals surface area (Å²) in [6, 6.07) is 10.6. The number of ether oxygens (including phenoxy) is 1. The number of hydrogen-bond acceptors (Lipinski definition) is 6. The second-order valence-corrected chi connectivity index (χ2v) is 10.2. The first-order valence-corrected chi connectivity index (χ1v) is 13.1. The van der Waals surface area contributed by atoms with Crippen LogP contribution in [0.3, 0.4) is 0 Å². The van der Waals surface area contributed by atoms with Gasteiger partial charge in [-0.2, -0.15) is 0 Å². The molecule has 0 aliphatic heterocycles. The number of phenolic OH excluding ortho intramolecular Hbond substituents is 2. The van der Waals surface area contributed by atoms with E-state index in [4.69, 9.17) is 4.74 Å². The lowest BCUT2D eigenvalue weighted by atomic mass is 9.99. The molecule has 0 saturated heterocycles. The van der Waals surface area contributed by atoms with Gasteiger partial charge in [0.2, 0.25) is 11.8 Å². The summed E-state index contributed by atoms with van der Waals surface area (Å²) in [6.45, 7) is 9.70. The molecule has 4 N–H and O–H groups in total. The van der Waals surface area contributed by atoms with Crippen LogP contribution in [0.15, 0.2) is 48.5 Å². The minimum Gasteiger partial charge on any atom is -0.508 e. The predicted molar refractivity (Wildman–Crippen MR) is 146 cm³/mol. The maximum atomic E-state index is 14.1. The quantitative estimate of drug-likeness (QED) is 0.302. The summed E-state index contributed by atoms with van der Waals surface area (Å²) in [5, 5.41) is 25.9. The molecular weight excluding hydrogens is 486 g/mol. The summed E-state index contributed by atoms with van der Waals surface area (Å²) < 4.78 is 5.41. The van der Waals surface area contributed by atoms with E-state index in [9.17, 15) is 24.6 Å². The predicted octanol–water partition coefficient (Wildman–Crippen LogP) is 4.43. The Morgan fingerprint density at radius 3 is 2.21 bits per heavy atom. The summed E-state index contributed by atoms with van der Waals surface area (Å²) in [5.41, 5.74) is 0.209. The molecule has 0 aliphatic carbocycles. The van der Waals surface area contributed by atoms with Crippen molar-refractivity contribution in [3.63, 3.8) is 0 Å². The molecule has 208 valence electrons. The molecule has 0 spiro atoms. The first-order chi connectivity index (χ1) is 18.0. The van der Waals surface area contributed by atoms with Crippen LogP contribution in [0.5, 0.6) is 11.5 Å². The fourth-order valence-corrected chi connectivity index (χ4v) is 3.98. The van der Waals surface area contributed by atoms with Crippen LogP contribution in [0.2, 0.25) is 0 Å².